The smallest absolute Gasteiger partial charge is 0.170 e. The van der Waals surface area contributed by atoms with E-state index in [1.54, 1.807) is 31.2 Å². The Kier molecular flexibility index (Phi) is 4.48. The summed E-state index contributed by atoms with van der Waals surface area (Å²) in [6.07, 6.45) is -3.52. The molecule has 3 heteroatoms. The lowest BCUT2D eigenvalue weighted by Gasteiger charge is -2.20. The predicted molar refractivity (Wildman–Crippen MR) is 75.6 cm³/mol. The number of rotatable bonds is 4. The summed E-state index contributed by atoms with van der Waals surface area (Å²) >= 11 is 0. The molecular formula is C17H17F3. The molecule has 0 nitrogen and oxygen atoms in total. The van der Waals surface area contributed by atoms with Gasteiger partial charge in [-0.2, -0.15) is 13.2 Å². The van der Waals surface area contributed by atoms with Crippen LogP contribution in [0.1, 0.15) is 31.2 Å². The van der Waals surface area contributed by atoms with Gasteiger partial charge in [0.25, 0.3) is 0 Å². The van der Waals surface area contributed by atoms with Gasteiger partial charge in [0.1, 0.15) is 0 Å². The van der Waals surface area contributed by atoms with Crippen molar-refractivity contribution < 1.29 is 13.2 Å². The fourth-order valence-corrected chi connectivity index (χ4v) is 2.35. The SMILES string of the molecule is CCCC(c1ccc(-c2ccccc2)cc1)C(F)(F)F. The van der Waals surface area contributed by atoms with Crippen LogP contribution in [0, 0.1) is 0 Å². The third kappa shape index (κ3) is 3.41. The Morgan fingerprint density at radius 2 is 1.40 bits per heavy atom. The van der Waals surface area contributed by atoms with Crippen molar-refractivity contribution in [2.75, 3.05) is 0 Å². The zero-order valence-corrected chi connectivity index (χ0v) is 11.3. The molecule has 0 saturated heterocycles. The fraction of sp³-hybridized carbons (Fsp3) is 0.294. The molecule has 0 radical (unpaired) electrons. The molecule has 1 unspecified atom stereocenters. The van der Waals surface area contributed by atoms with Crippen LogP contribution in [0.5, 0.6) is 0 Å². The summed E-state index contributed by atoms with van der Waals surface area (Å²) < 4.78 is 39.0. The normalized spacial score (nSPS) is 13.2. The lowest BCUT2D eigenvalue weighted by Crippen LogP contribution is -2.20. The van der Waals surface area contributed by atoms with Crippen molar-refractivity contribution >= 4 is 0 Å². The highest BCUT2D eigenvalue weighted by Gasteiger charge is 2.39. The third-order valence-corrected chi connectivity index (χ3v) is 3.39. The van der Waals surface area contributed by atoms with Crippen LogP contribution < -0.4 is 0 Å². The van der Waals surface area contributed by atoms with Crippen LogP contribution in [0.25, 0.3) is 11.1 Å². The molecule has 0 amide bonds. The van der Waals surface area contributed by atoms with Crippen LogP contribution in [0.15, 0.2) is 54.6 Å². The van der Waals surface area contributed by atoms with Crippen LogP contribution >= 0.6 is 0 Å². The van der Waals surface area contributed by atoms with Gasteiger partial charge in [0.15, 0.2) is 0 Å². The van der Waals surface area contributed by atoms with Crippen molar-refractivity contribution in [3.63, 3.8) is 0 Å². The van der Waals surface area contributed by atoms with Gasteiger partial charge in [0.05, 0.1) is 5.92 Å². The van der Waals surface area contributed by atoms with Gasteiger partial charge in [0.2, 0.25) is 0 Å². The Hall–Kier alpha value is -1.77. The number of hydrogen-bond acceptors (Lipinski definition) is 0. The summed E-state index contributed by atoms with van der Waals surface area (Å²) in [4.78, 5) is 0. The number of halogens is 3. The average molecular weight is 278 g/mol. The van der Waals surface area contributed by atoms with Crippen LogP contribution in [0.3, 0.4) is 0 Å². The Bertz CT molecular complexity index is 526. The van der Waals surface area contributed by atoms with Gasteiger partial charge in [-0.25, -0.2) is 0 Å². The number of alkyl halides is 3. The summed E-state index contributed by atoms with van der Waals surface area (Å²) in [6.45, 7) is 1.77. The van der Waals surface area contributed by atoms with E-state index in [2.05, 4.69) is 0 Å². The minimum atomic E-state index is -4.18. The summed E-state index contributed by atoms with van der Waals surface area (Å²) in [5.74, 6) is -1.36. The largest absolute Gasteiger partial charge is 0.395 e. The summed E-state index contributed by atoms with van der Waals surface area (Å²) in [5, 5.41) is 0. The lowest BCUT2D eigenvalue weighted by molar-refractivity contribution is -0.152. The van der Waals surface area contributed by atoms with Gasteiger partial charge < -0.3 is 0 Å². The van der Waals surface area contributed by atoms with E-state index in [1.165, 1.54) is 0 Å². The molecule has 0 aliphatic carbocycles. The van der Waals surface area contributed by atoms with Gasteiger partial charge in [-0.1, -0.05) is 67.9 Å². The molecule has 20 heavy (non-hydrogen) atoms. The van der Waals surface area contributed by atoms with E-state index in [0.717, 1.165) is 11.1 Å². The maximum atomic E-state index is 13.0. The molecule has 0 N–H and O–H groups in total. The first-order valence-electron chi connectivity index (χ1n) is 6.74. The zero-order chi connectivity index (χ0) is 14.6. The minimum absolute atomic E-state index is 0.133. The second-order valence-electron chi connectivity index (χ2n) is 4.87. The van der Waals surface area contributed by atoms with E-state index < -0.39 is 12.1 Å². The Morgan fingerprint density at radius 3 is 1.90 bits per heavy atom. The topological polar surface area (TPSA) is 0 Å². The molecule has 106 valence electrons. The van der Waals surface area contributed by atoms with E-state index in [1.807, 2.05) is 30.3 Å². The van der Waals surface area contributed by atoms with Crippen LogP contribution in [0.2, 0.25) is 0 Å². The van der Waals surface area contributed by atoms with Crippen molar-refractivity contribution in [3.05, 3.63) is 60.2 Å². The highest BCUT2D eigenvalue weighted by molar-refractivity contribution is 5.63. The first-order chi connectivity index (χ1) is 9.52. The van der Waals surface area contributed by atoms with E-state index in [9.17, 15) is 13.2 Å². The Balaban J connectivity index is 2.27. The molecule has 0 heterocycles. The molecule has 0 spiro atoms. The van der Waals surface area contributed by atoms with Gasteiger partial charge in [-0.3, -0.25) is 0 Å². The van der Waals surface area contributed by atoms with Crippen LogP contribution in [-0.2, 0) is 0 Å². The molecule has 0 aromatic heterocycles. The maximum absolute atomic E-state index is 13.0. The van der Waals surface area contributed by atoms with Gasteiger partial charge in [-0.05, 0) is 23.1 Å². The zero-order valence-electron chi connectivity index (χ0n) is 11.3. The molecule has 2 rings (SSSR count). The highest BCUT2D eigenvalue weighted by Crippen LogP contribution is 2.38. The quantitative estimate of drug-likeness (QED) is 0.663. The fourth-order valence-electron chi connectivity index (χ4n) is 2.35. The van der Waals surface area contributed by atoms with Crippen molar-refractivity contribution in [1.29, 1.82) is 0 Å². The van der Waals surface area contributed by atoms with Crippen molar-refractivity contribution in [3.8, 4) is 11.1 Å². The molecule has 2 aromatic carbocycles. The molecule has 0 fully saturated rings. The summed E-state index contributed by atoms with van der Waals surface area (Å²) in [6, 6.07) is 16.4. The molecule has 0 saturated carbocycles. The van der Waals surface area contributed by atoms with Crippen molar-refractivity contribution in [1.82, 2.24) is 0 Å². The second-order valence-corrected chi connectivity index (χ2v) is 4.87. The lowest BCUT2D eigenvalue weighted by atomic mass is 9.92. The van der Waals surface area contributed by atoms with Gasteiger partial charge >= 0.3 is 6.18 Å². The third-order valence-electron chi connectivity index (χ3n) is 3.39. The average Bonchev–Trinajstić information content (AvgIpc) is 2.45. The van der Waals surface area contributed by atoms with Crippen LogP contribution in [-0.4, -0.2) is 6.18 Å². The first kappa shape index (κ1) is 14.6. The second kappa shape index (κ2) is 6.12. The van der Waals surface area contributed by atoms with E-state index in [-0.39, 0.29) is 6.42 Å². The van der Waals surface area contributed by atoms with Gasteiger partial charge in [-0.15, -0.1) is 0 Å². The van der Waals surface area contributed by atoms with Crippen LogP contribution in [0.4, 0.5) is 13.2 Å². The Morgan fingerprint density at radius 1 is 0.850 bits per heavy atom. The molecule has 0 bridgehead atoms. The Labute approximate surface area is 117 Å². The summed E-state index contributed by atoms with van der Waals surface area (Å²) in [5.41, 5.74) is 2.30. The first-order valence-corrected chi connectivity index (χ1v) is 6.74. The van der Waals surface area contributed by atoms with Crippen molar-refractivity contribution in [2.45, 2.75) is 31.9 Å². The van der Waals surface area contributed by atoms with E-state index >= 15 is 0 Å². The predicted octanol–water partition coefficient (Wildman–Crippen LogP) is 5.80. The van der Waals surface area contributed by atoms with Gasteiger partial charge in [0, 0.05) is 0 Å². The number of hydrogen-bond donors (Lipinski definition) is 0. The van der Waals surface area contributed by atoms with E-state index in [0.29, 0.717) is 12.0 Å². The maximum Gasteiger partial charge on any atom is 0.395 e. The minimum Gasteiger partial charge on any atom is -0.170 e. The van der Waals surface area contributed by atoms with E-state index in [4.69, 9.17) is 0 Å². The molecule has 1 atom stereocenters. The molecule has 2 aromatic rings. The van der Waals surface area contributed by atoms with Crippen molar-refractivity contribution in [2.24, 2.45) is 0 Å². The highest BCUT2D eigenvalue weighted by atomic mass is 19.4. The number of benzene rings is 2. The standard InChI is InChI=1S/C17H17F3/c1-2-6-16(17(18,19)20)15-11-9-14(10-12-15)13-7-4-3-5-8-13/h3-5,7-12,16H,2,6H2,1H3. The molecular weight excluding hydrogens is 261 g/mol. The summed E-state index contributed by atoms with van der Waals surface area (Å²) in [7, 11) is 0. The molecule has 0 aliphatic rings. The monoisotopic (exact) mass is 278 g/mol. The molecule has 0 aliphatic heterocycles.